The number of sulfonamides is 1. The molecule has 0 aromatic heterocycles. The molecule has 0 aliphatic heterocycles. The average molecular weight is 476 g/mol. The first-order valence-electron chi connectivity index (χ1n) is 9.64. The van der Waals surface area contributed by atoms with E-state index >= 15 is 0 Å². The van der Waals surface area contributed by atoms with Gasteiger partial charge in [0.2, 0.25) is 5.75 Å². The first-order chi connectivity index (χ1) is 15.3. The largest absolute Gasteiger partial charge is 0.493 e. The summed E-state index contributed by atoms with van der Waals surface area (Å²) in [4.78, 5) is 12.8. The van der Waals surface area contributed by atoms with E-state index in [-0.39, 0.29) is 39.3 Å². The lowest BCUT2D eigenvalue weighted by atomic mass is 10.2. The summed E-state index contributed by atoms with van der Waals surface area (Å²) in [5, 5.41) is 0.0468. The second kappa shape index (κ2) is 9.93. The molecule has 0 aliphatic carbocycles. The van der Waals surface area contributed by atoms with Crippen LogP contribution in [-0.4, -0.2) is 35.2 Å². The first kappa shape index (κ1) is 23.4. The van der Waals surface area contributed by atoms with E-state index in [0.717, 1.165) is 0 Å². The first-order valence-corrected chi connectivity index (χ1v) is 11.5. The molecule has 0 aliphatic rings. The number of carbonyl (C=O) groups is 1. The third kappa shape index (κ3) is 4.66. The number of methoxy groups -OCH3 is 2. The molecule has 0 unspecified atom stereocenters. The summed E-state index contributed by atoms with van der Waals surface area (Å²) in [5.41, 5.74) is 0.401. The van der Waals surface area contributed by atoms with Gasteiger partial charge in [-0.25, -0.2) is 13.2 Å². The molecule has 9 heteroatoms. The Morgan fingerprint density at radius 2 is 1.56 bits per heavy atom. The van der Waals surface area contributed by atoms with Gasteiger partial charge < -0.3 is 14.2 Å². The highest BCUT2D eigenvalue weighted by Crippen LogP contribution is 2.38. The number of benzene rings is 3. The Morgan fingerprint density at radius 1 is 0.938 bits per heavy atom. The standard InChI is InChI=1S/C23H22ClNO6S/c1-4-25(16-9-6-5-7-10-16)32(27,28)17-13-14-19(24)18(15-17)23(26)31-22-20(29-2)11-8-12-21(22)30-3/h5-15H,4H2,1-3H3. The van der Waals surface area contributed by atoms with Crippen molar-refractivity contribution in [2.75, 3.05) is 25.1 Å². The lowest BCUT2D eigenvalue weighted by Gasteiger charge is -2.23. The minimum absolute atomic E-state index is 0.0468. The van der Waals surface area contributed by atoms with Crippen LogP contribution in [0.1, 0.15) is 17.3 Å². The monoisotopic (exact) mass is 475 g/mol. The fourth-order valence-electron chi connectivity index (χ4n) is 3.10. The summed E-state index contributed by atoms with van der Waals surface area (Å²) >= 11 is 6.21. The summed E-state index contributed by atoms with van der Waals surface area (Å²) < 4.78 is 43.8. The average Bonchev–Trinajstić information content (AvgIpc) is 2.80. The van der Waals surface area contributed by atoms with Crippen LogP contribution in [0.2, 0.25) is 5.02 Å². The Labute approximate surface area is 192 Å². The molecule has 0 saturated carbocycles. The van der Waals surface area contributed by atoms with E-state index in [1.807, 2.05) is 0 Å². The summed E-state index contributed by atoms with van der Waals surface area (Å²) in [6.45, 7) is 1.93. The quantitative estimate of drug-likeness (QED) is 0.344. The summed E-state index contributed by atoms with van der Waals surface area (Å²) in [7, 11) is -1.11. The number of anilines is 1. The molecule has 3 aromatic carbocycles. The highest BCUT2D eigenvalue weighted by molar-refractivity contribution is 7.92. The van der Waals surface area contributed by atoms with E-state index in [0.29, 0.717) is 5.69 Å². The van der Waals surface area contributed by atoms with Crippen LogP contribution in [0.3, 0.4) is 0 Å². The van der Waals surface area contributed by atoms with Gasteiger partial charge in [0.15, 0.2) is 11.5 Å². The molecule has 0 radical (unpaired) electrons. The number of hydrogen-bond acceptors (Lipinski definition) is 6. The van der Waals surface area contributed by atoms with Crippen LogP contribution in [0.4, 0.5) is 5.69 Å². The summed E-state index contributed by atoms with van der Waals surface area (Å²) in [6.07, 6.45) is 0. The smallest absolute Gasteiger partial charge is 0.345 e. The van der Waals surface area contributed by atoms with Crippen molar-refractivity contribution in [3.05, 3.63) is 77.3 Å². The van der Waals surface area contributed by atoms with Gasteiger partial charge in [0.1, 0.15) is 0 Å². The van der Waals surface area contributed by atoms with Gasteiger partial charge in [-0.15, -0.1) is 0 Å². The van der Waals surface area contributed by atoms with Gasteiger partial charge in [0, 0.05) is 6.54 Å². The summed E-state index contributed by atoms with van der Waals surface area (Å²) in [5.74, 6) is -0.235. The molecule has 0 fully saturated rings. The minimum atomic E-state index is -3.96. The van der Waals surface area contributed by atoms with E-state index in [9.17, 15) is 13.2 Å². The number of ether oxygens (including phenoxy) is 3. The fourth-order valence-corrected chi connectivity index (χ4v) is 4.79. The third-order valence-corrected chi connectivity index (χ3v) is 6.88. The van der Waals surface area contributed by atoms with E-state index in [1.54, 1.807) is 55.5 Å². The maximum atomic E-state index is 13.3. The van der Waals surface area contributed by atoms with E-state index in [2.05, 4.69) is 0 Å². The van der Waals surface area contributed by atoms with Gasteiger partial charge in [-0.05, 0) is 49.4 Å². The second-order valence-corrected chi connectivity index (χ2v) is 8.80. The van der Waals surface area contributed by atoms with Crippen molar-refractivity contribution >= 4 is 33.3 Å². The zero-order valence-electron chi connectivity index (χ0n) is 17.7. The Morgan fingerprint density at radius 3 is 2.12 bits per heavy atom. The zero-order chi connectivity index (χ0) is 23.3. The molecule has 3 rings (SSSR count). The number of para-hydroxylation sites is 2. The van der Waals surface area contributed by atoms with Crippen LogP contribution < -0.4 is 18.5 Å². The van der Waals surface area contributed by atoms with Crippen molar-refractivity contribution in [1.82, 2.24) is 0 Å². The van der Waals surface area contributed by atoms with E-state index < -0.39 is 16.0 Å². The Kier molecular flexibility index (Phi) is 7.27. The van der Waals surface area contributed by atoms with E-state index in [1.165, 1.54) is 36.7 Å². The number of esters is 1. The van der Waals surface area contributed by atoms with E-state index in [4.69, 9.17) is 25.8 Å². The maximum absolute atomic E-state index is 13.3. The highest BCUT2D eigenvalue weighted by Gasteiger charge is 2.27. The molecule has 7 nitrogen and oxygen atoms in total. The number of hydrogen-bond donors (Lipinski definition) is 0. The van der Waals surface area contributed by atoms with Crippen molar-refractivity contribution < 1.29 is 27.4 Å². The third-order valence-electron chi connectivity index (χ3n) is 4.65. The van der Waals surface area contributed by atoms with Crippen LogP contribution in [0.15, 0.2) is 71.6 Å². The second-order valence-electron chi connectivity index (χ2n) is 6.53. The normalized spacial score (nSPS) is 11.0. The van der Waals surface area contributed by atoms with Crippen molar-refractivity contribution in [2.24, 2.45) is 0 Å². The van der Waals surface area contributed by atoms with Crippen LogP contribution in [-0.2, 0) is 10.0 Å². The van der Waals surface area contributed by atoms with Gasteiger partial charge in [-0.2, -0.15) is 0 Å². The number of nitrogens with zero attached hydrogens (tertiary/aromatic N) is 1. The van der Waals surface area contributed by atoms with Gasteiger partial charge in [0.25, 0.3) is 10.0 Å². The van der Waals surface area contributed by atoms with Crippen molar-refractivity contribution in [3.63, 3.8) is 0 Å². The van der Waals surface area contributed by atoms with Crippen molar-refractivity contribution in [2.45, 2.75) is 11.8 Å². The predicted molar refractivity (Wildman–Crippen MR) is 123 cm³/mol. The zero-order valence-corrected chi connectivity index (χ0v) is 19.3. The summed E-state index contributed by atoms with van der Waals surface area (Å²) in [6, 6.07) is 17.5. The molecule has 0 bridgehead atoms. The highest BCUT2D eigenvalue weighted by atomic mass is 35.5. The van der Waals surface area contributed by atoms with Crippen molar-refractivity contribution in [3.8, 4) is 17.2 Å². The van der Waals surface area contributed by atoms with Crippen LogP contribution >= 0.6 is 11.6 Å². The lowest BCUT2D eigenvalue weighted by Crippen LogP contribution is -2.31. The van der Waals surface area contributed by atoms with Gasteiger partial charge >= 0.3 is 5.97 Å². The lowest BCUT2D eigenvalue weighted by molar-refractivity contribution is 0.0724. The Hall–Kier alpha value is -3.23. The van der Waals surface area contributed by atoms with Crippen molar-refractivity contribution in [1.29, 1.82) is 0 Å². The molecular weight excluding hydrogens is 454 g/mol. The molecule has 0 atom stereocenters. The molecule has 0 saturated heterocycles. The Balaban J connectivity index is 2.00. The van der Waals surface area contributed by atoms with Crippen LogP contribution in [0.5, 0.6) is 17.2 Å². The molecule has 168 valence electrons. The maximum Gasteiger partial charge on any atom is 0.345 e. The molecule has 0 spiro atoms. The molecule has 0 N–H and O–H groups in total. The minimum Gasteiger partial charge on any atom is -0.493 e. The SMILES string of the molecule is CCN(c1ccccc1)S(=O)(=O)c1ccc(Cl)c(C(=O)Oc2c(OC)cccc2OC)c1. The van der Waals surface area contributed by atoms with Crippen LogP contribution in [0, 0.1) is 0 Å². The Bertz CT molecular complexity index is 1190. The molecule has 0 heterocycles. The molecule has 0 amide bonds. The molecule has 32 heavy (non-hydrogen) atoms. The molecule has 3 aromatic rings. The van der Waals surface area contributed by atoms with Gasteiger partial charge in [0.05, 0.1) is 35.4 Å². The predicted octanol–water partition coefficient (Wildman–Crippen LogP) is 4.79. The fraction of sp³-hybridized carbons (Fsp3) is 0.174. The number of halogens is 1. The topological polar surface area (TPSA) is 82.1 Å². The number of rotatable bonds is 8. The number of carbonyl (C=O) groups excluding carboxylic acids is 1. The molecular formula is C23H22ClNO6S. The van der Waals surface area contributed by atoms with Crippen LogP contribution in [0.25, 0.3) is 0 Å². The van der Waals surface area contributed by atoms with Gasteiger partial charge in [-0.1, -0.05) is 35.9 Å². The van der Waals surface area contributed by atoms with Gasteiger partial charge in [-0.3, -0.25) is 4.31 Å².